The van der Waals surface area contributed by atoms with E-state index in [1.54, 1.807) is 67.4 Å². The second-order valence-corrected chi connectivity index (χ2v) is 59.8. The van der Waals surface area contributed by atoms with Gasteiger partial charge in [0.1, 0.15) is 18.0 Å². The normalized spacial score (nSPS) is 12.7. The molecular weight excluding hydrogens is 1320 g/mol. The maximum Gasteiger partial charge on any atom is 0.342 e. The van der Waals surface area contributed by atoms with E-state index in [0.29, 0.717) is 54.0 Å². The summed E-state index contributed by atoms with van der Waals surface area (Å²) >= 11 is 29.8. The van der Waals surface area contributed by atoms with Crippen LogP contribution in [-0.2, 0) is 9.47 Å². The molecule has 430 valence electrons. The van der Waals surface area contributed by atoms with Gasteiger partial charge in [0, 0.05) is 23.7 Å². The van der Waals surface area contributed by atoms with E-state index >= 15 is 0 Å². The van der Waals surface area contributed by atoms with Gasteiger partial charge in [-0.05, 0) is 59.2 Å². The number of esters is 2. The summed E-state index contributed by atoms with van der Waals surface area (Å²) in [6.45, 7) is 41.0. The fourth-order valence-electron chi connectivity index (χ4n) is 13.1. The minimum absolute atomic E-state index is 0.254. The van der Waals surface area contributed by atoms with Crippen molar-refractivity contribution in [2.24, 2.45) is 0 Å². The molecule has 4 nitrogen and oxygen atoms in total. The van der Waals surface area contributed by atoms with Crippen molar-refractivity contribution >= 4 is 221 Å². The van der Waals surface area contributed by atoms with E-state index in [-0.39, 0.29) is 11.9 Å². The number of ether oxygens (including phenoxy) is 2. The Kier molecular flexibility index (Phi) is 25.0. The van der Waals surface area contributed by atoms with Gasteiger partial charge in [0.15, 0.2) is 0 Å². The van der Waals surface area contributed by atoms with Crippen molar-refractivity contribution in [3.8, 4) is 9.75 Å². The smallest absolute Gasteiger partial charge is 0.342 e. The number of rotatable bonds is 23. The SMILES string of the molecule is CCC[CH2][Sn]([CH2]CCC)([CH2]CCC)[c]1cc2sc([Si](C(C)C)(C(C)C)C(C)C)cc2s1.CCOC(=O)c1c(-c2cc3sc([Si](C(C)C)(C(C)C)C(C)C)cc3s2)sc2cc(Cl)sc12.CCOC(=O)c1c(Cl)sc2cc(Cl)sc12. The van der Waals surface area contributed by atoms with Crippen LogP contribution in [0.3, 0.4) is 0 Å². The number of hydrogen-bond donors (Lipinski definition) is 0. The Morgan fingerprint density at radius 3 is 1.24 bits per heavy atom. The van der Waals surface area contributed by atoms with Gasteiger partial charge in [0.05, 0.1) is 41.7 Å². The van der Waals surface area contributed by atoms with E-state index in [2.05, 4.69) is 151 Å². The van der Waals surface area contributed by atoms with Crippen LogP contribution in [0.4, 0.5) is 0 Å². The van der Waals surface area contributed by atoms with Crippen molar-refractivity contribution in [2.45, 2.75) is 203 Å². The van der Waals surface area contributed by atoms with Crippen LogP contribution in [-0.4, -0.2) is 59.7 Å². The molecule has 0 radical (unpaired) electrons. The van der Waals surface area contributed by atoms with Crippen molar-refractivity contribution in [2.75, 3.05) is 13.2 Å². The fourth-order valence-corrected chi connectivity index (χ4v) is 61.4. The molecule has 0 unspecified atom stereocenters. The standard InChI is InChI=1S/C24H29ClO2S4Si.C15H23S2Si.C9H6Cl2O2S2.3C4H9.Sn/c1-8-27-24(26)21-22(30-18-10-19(25)31-23(18)21)17-9-15-16(28-17)11-20(29-15)32(12(2)3,13(4)5)14(6)7;1-10(2)18(11(3)4,12(5)6)15-9-14-13(17-15)7-8-16-14;1-2-13-9(12)6-7-4(14-8(6)11)3-5(10)15-7;3*1-3-4-2;/h9-14H,8H2,1-7H3;7,9-12H,1-6H3;3H,2H2,1H3;3*1,3-4H2,2H3;. The number of halogens is 3. The zero-order valence-corrected chi connectivity index (χ0v) is 62.9. The first-order valence-electron chi connectivity index (χ1n) is 28.4. The molecule has 0 saturated heterocycles. The van der Waals surface area contributed by atoms with E-state index in [1.165, 1.54) is 81.9 Å². The summed E-state index contributed by atoms with van der Waals surface area (Å²) in [7, 11) is -3.20. The topological polar surface area (TPSA) is 52.6 Å². The van der Waals surface area contributed by atoms with Crippen LogP contribution in [0, 0.1) is 0 Å². The van der Waals surface area contributed by atoms with Gasteiger partial charge in [-0.25, -0.2) is 9.59 Å². The Labute approximate surface area is 520 Å². The second-order valence-electron chi connectivity index (χ2n) is 22.8. The van der Waals surface area contributed by atoms with Crippen LogP contribution in [0.1, 0.15) is 177 Å². The monoisotopic (exact) mass is 1410 g/mol. The predicted molar refractivity (Wildman–Crippen MR) is 371 cm³/mol. The molecule has 0 aliphatic rings. The first kappa shape index (κ1) is 66.8. The number of carbonyl (C=O) groups excluding carboxylic acids is 2. The van der Waals surface area contributed by atoms with Gasteiger partial charge in [0.25, 0.3) is 0 Å². The number of carbonyl (C=O) groups is 2. The zero-order valence-electron chi connectivity index (χ0n) is 49.2. The number of thiophene rings is 8. The van der Waals surface area contributed by atoms with Gasteiger partial charge in [-0.3, -0.25) is 0 Å². The van der Waals surface area contributed by atoms with Crippen LogP contribution < -0.4 is 11.9 Å². The Morgan fingerprint density at radius 1 is 0.462 bits per heavy atom. The molecule has 0 aliphatic carbocycles. The minimum Gasteiger partial charge on any atom is -0.462 e. The Morgan fingerprint density at radius 2 is 0.846 bits per heavy atom. The summed E-state index contributed by atoms with van der Waals surface area (Å²) in [4.78, 5) is 26.6. The third kappa shape index (κ3) is 13.8. The van der Waals surface area contributed by atoms with Crippen molar-refractivity contribution in [1.29, 1.82) is 0 Å². The summed E-state index contributed by atoms with van der Waals surface area (Å²) in [5, 5.41) is 0. The van der Waals surface area contributed by atoms with Crippen LogP contribution in [0.15, 0.2) is 36.4 Å². The molecule has 8 aromatic rings. The zero-order chi connectivity index (χ0) is 57.6. The summed E-state index contributed by atoms with van der Waals surface area (Å²) in [6, 6.07) is 14.0. The molecule has 0 bridgehead atoms. The molecule has 0 atom stereocenters. The molecule has 0 aliphatic heterocycles. The van der Waals surface area contributed by atoms with Crippen LogP contribution >= 0.6 is 125 Å². The molecule has 0 fully saturated rings. The first-order valence-corrected chi connectivity index (χ1v) is 48.1. The summed E-state index contributed by atoms with van der Waals surface area (Å²) in [5.74, 6) is -0.636. The Balaban J connectivity index is 0.000000201. The van der Waals surface area contributed by atoms with Crippen LogP contribution in [0.2, 0.25) is 59.6 Å². The Bertz CT molecular complexity index is 3100. The van der Waals surface area contributed by atoms with Gasteiger partial charge in [-0.2, -0.15) is 0 Å². The predicted octanol–water partition coefficient (Wildman–Crippen LogP) is 24.0. The average molecular weight is 1410 g/mol. The van der Waals surface area contributed by atoms with Crippen LogP contribution in [0.5, 0.6) is 0 Å². The quantitative estimate of drug-likeness (QED) is 0.0473. The molecule has 18 heteroatoms. The Hall–Kier alpha value is -0.318. The summed E-state index contributed by atoms with van der Waals surface area (Å²) in [5.41, 5.74) is 5.60. The maximum atomic E-state index is 12.8. The van der Waals surface area contributed by atoms with Crippen molar-refractivity contribution in [3.63, 3.8) is 0 Å². The second kappa shape index (κ2) is 29.2. The number of fused-ring (bicyclic) bond motifs is 4. The molecule has 8 heterocycles. The van der Waals surface area contributed by atoms with Crippen LogP contribution in [0.25, 0.3) is 47.4 Å². The van der Waals surface area contributed by atoms with E-state index in [9.17, 15) is 9.59 Å². The molecular formula is C60H85Cl3O4S8Si2Sn. The molecule has 0 saturated carbocycles. The van der Waals surface area contributed by atoms with Gasteiger partial charge in [-0.1, -0.05) is 76.3 Å². The summed E-state index contributed by atoms with van der Waals surface area (Å²) in [6.07, 6.45) is 8.49. The third-order valence-corrected chi connectivity index (χ3v) is 60.5. The number of unbranched alkanes of at least 4 members (excludes halogenated alkanes) is 3. The van der Waals surface area contributed by atoms with Gasteiger partial charge >= 0.3 is 221 Å². The van der Waals surface area contributed by atoms with Crippen molar-refractivity contribution in [1.82, 2.24) is 0 Å². The van der Waals surface area contributed by atoms with Gasteiger partial charge in [0.2, 0.25) is 0 Å². The van der Waals surface area contributed by atoms with E-state index in [1.807, 2.05) is 27.2 Å². The van der Waals surface area contributed by atoms with Gasteiger partial charge < -0.3 is 9.47 Å². The average Bonchev–Trinajstić information content (AvgIpc) is 4.34. The van der Waals surface area contributed by atoms with E-state index in [0.717, 1.165) is 45.2 Å². The molecule has 8 rings (SSSR count). The van der Waals surface area contributed by atoms with E-state index < -0.39 is 34.5 Å². The van der Waals surface area contributed by atoms with Gasteiger partial charge in [-0.15, -0.1) is 68.0 Å². The first-order chi connectivity index (χ1) is 36.9. The number of hydrogen-bond acceptors (Lipinski definition) is 12. The largest absolute Gasteiger partial charge is 0.462 e. The van der Waals surface area contributed by atoms with Crippen molar-refractivity contribution < 1.29 is 19.1 Å². The molecule has 0 aromatic carbocycles. The van der Waals surface area contributed by atoms with Crippen molar-refractivity contribution in [3.05, 3.63) is 60.5 Å². The third-order valence-electron chi connectivity index (χ3n) is 16.4. The molecule has 0 amide bonds. The maximum absolute atomic E-state index is 12.8. The molecule has 8 aromatic heterocycles. The van der Waals surface area contributed by atoms with E-state index in [4.69, 9.17) is 44.3 Å². The summed E-state index contributed by atoms with van der Waals surface area (Å²) < 4.78 is 32.0. The molecule has 0 spiro atoms. The molecule has 78 heavy (non-hydrogen) atoms. The fraction of sp³-hybridized carbons (Fsp3) is 0.567. The minimum atomic E-state index is -2.29. The molecule has 0 N–H and O–H groups in total.